The van der Waals surface area contributed by atoms with Crippen molar-refractivity contribution < 1.29 is 18.3 Å². The summed E-state index contributed by atoms with van der Waals surface area (Å²) in [6.45, 7) is 4.84. The van der Waals surface area contributed by atoms with Crippen molar-refractivity contribution in [3.8, 4) is 0 Å². The predicted octanol–water partition coefficient (Wildman–Crippen LogP) is 3.42. The van der Waals surface area contributed by atoms with Crippen LogP contribution in [0.15, 0.2) is 22.9 Å². The van der Waals surface area contributed by atoms with Crippen LogP contribution in [0, 0.1) is 6.92 Å². The Labute approximate surface area is 128 Å². The van der Waals surface area contributed by atoms with Gasteiger partial charge in [0.2, 0.25) is 0 Å². The van der Waals surface area contributed by atoms with Gasteiger partial charge in [-0.2, -0.15) is 18.3 Å². The molecule has 0 aliphatic rings. The second kappa shape index (κ2) is 5.84. The maximum atomic E-state index is 12.5. The number of alkyl halides is 3. The van der Waals surface area contributed by atoms with E-state index in [1.54, 1.807) is 9.25 Å². The second-order valence-corrected chi connectivity index (χ2v) is 5.52. The Hall–Kier alpha value is -1.28. The first-order valence-corrected chi connectivity index (χ1v) is 7.15. The van der Waals surface area contributed by atoms with Crippen molar-refractivity contribution >= 4 is 15.9 Å². The Morgan fingerprint density at radius 3 is 2.67 bits per heavy atom. The maximum Gasteiger partial charge on any atom is 0.418 e. The van der Waals surface area contributed by atoms with E-state index in [-0.39, 0.29) is 5.56 Å². The number of rotatable bonds is 4. The van der Waals surface area contributed by atoms with Gasteiger partial charge in [-0.25, -0.2) is 0 Å². The molecule has 1 atom stereocenters. The topological polar surface area (TPSA) is 43.0 Å². The third kappa shape index (κ3) is 3.32. The number of aliphatic hydroxyl groups is 1. The van der Waals surface area contributed by atoms with Crippen molar-refractivity contribution in [2.45, 2.75) is 39.2 Å². The van der Waals surface area contributed by atoms with Crippen LogP contribution in [0.25, 0.3) is 0 Å². The quantitative estimate of drug-likeness (QED) is 0.901. The summed E-state index contributed by atoms with van der Waals surface area (Å²) in [4.78, 5) is 0. The summed E-state index contributed by atoms with van der Waals surface area (Å²) in [5.74, 6) is 0. The first-order chi connectivity index (χ1) is 9.74. The molecular formula is C13H15BrF3N3O. The summed E-state index contributed by atoms with van der Waals surface area (Å²) < 4.78 is 41.7. The molecule has 0 aliphatic heterocycles. The van der Waals surface area contributed by atoms with Crippen LogP contribution >= 0.6 is 15.9 Å². The molecule has 4 nitrogen and oxygen atoms in total. The minimum absolute atomic E-state index is 0.169. The fourth-order valence-electron chi connectivity index (χ4n) is 2.10. The first-order valence-electron chi connectivity index (χ1n) is 6.36. The average Bonchev–Trinajstić information content (AvgIpc) is 2.97. The van der Waals surface area contributed by atoms with E-state index in [9.17, 15) is 18.3 Å². The third-order valence-electron chi connectivity index (χ3n) is 3.18. The van der Waals surface area contributed by atoms with Gasteiger partial charge < -0.3 is 9.67 Å². The average molecular weight is 366 g/mol. The molecule has 0 fully saturated rings. The zero-order valence-corrected chi connectivity index (χ0v) is 13.1. The van der Waals surface area contributed by atoms with Crippen LogP contribution in [0.2, 0.25) is 0 Å². The Morgan fingerprint density at radius 1 is 1.43 bits per heavy atom. The molecule has 21 heavy (non-hydrogen) atoms. The summed E-state index contributed by atoms with van der Waals surface area (Å²) in [5, 5.41) is 13.6. The smallest absolute Gasteiger partial charge is 0.379 e. The van der Waals surface area contributed by atoms with Crippen LogP contribution in [0.4, 0.5) is 13.2 Å². The Morgan fingerprint density at radius 2 is 2.10 bits per heavy atom. The molecule has 0 radical (unpaired) electrons. The summed E-state index contributed by atoms with van der Waals surface area (Å²) in [5.41, 5.74) is 1.53. The van der Waals surface area contributed by atoms with Crippen LogP contribution in [0.3, 0.4) is 0 Å². The summed E-state index contributed by atoms with van der Waals surface area (Å²) in [6, 6.07) is 1.27. The van der Waals surface area contributed by atoms with Gasteiger partial charge in [-0.15, -0.1) is 0 Å². The highest BCUT2D eigenvalue weighted by molar-refractivity contribution is 9.10. The Balaban J connectivity index is 2.24. The van der Waals surface area contributed by atoms with Gasteiger partial charge in [0, 0.05) is 24.5 Å². The SMILES string of the molecule is CCn1nc(C)c(Br)c1Cn1ccc(C(O)C(F)(F)F)c1. The lowest BCUT2D eigenvalue weighted by Crippen LogP contribution is -2.19. The van der Waals surface area contributed by atoms with Crippen molar-refractivity contribution in [2.75, 3.05) is 0 Å². The molecule has 0 amide bonds. The highest BCUT2D eigenvalue weighted by atomic mass is 79.9. The van der Waals surface area contributed by atoms with E-state index in [0.717, 1.165) is 15.9 Å². The molecule has 0 spiro atoms. The van der Waals surface area contributed by atoms with Gasteiger partial charge >= 0.3 is 6.18 Å². The molecule has 2 aromatic heterocycles. The van der Waals surface area contributed by atoms with E-state index in [1.165, 1.54) is 18.5 Å². The molecule has 0 bridgehead atoms. The zero-order chi connectivity index (χ0) is 15.8. The lowest BCUT2D eigenvalue weighted by molar-refractivity contribution is -0.206. The van der Waals surface area contributed by atoms with E-state index in [0.29, 0.717) is 13.1 Å². The predicted molar refractivity (Wildman–Crippen MR) is 74.9 cm³/mol. The summed E-state index contributed by atoms with van der Waals surface area (Å²) in [7, 11) is 0. The molecule has 1 N–H and O–H groups in total. The molecule has 8 heteroatoms. The molecule has 2 heterocycles. The van der Waals surface area contributed by atoms with Crippen molar-refractivity contribution in [1.82, 2.24) is 14.3 Å². The monoisotopic (exact) mass is 365 g/mol. The zero-order valence-electron chi connectivity index (χ0n) is 11.5. The molecule has 0 saturated carbocycles. The van der Waals surface area contributed by atoms with Gasteiger partial charge in [-0.3, -0.25) is 4.68 Å². The number of nitrogens with zero attached hydrogens (tertiary/aromatic N) is 3. The number of aryl methyl sites for hydroxylation is 2. The van der Waals surface area contributed by atoms with Crippen LogP contribution in [0.1, 0.15) is 30.0 Å². The fraction of sp³-hybridized carbons (Fsp3) is 0.462. The van der Waals surface area contributed by atoms with Crippen molar-refractivity contribution in [3.05, 3.63) is 39.9 Å². The number of hydrogen-bond acceptors (Lipinski definition) is 2. The Bertz CT molecular complexity index is 633. The van der Waals surface area contributed by atoms with Gasteiger partial charge in [0.25, 0.3) is 0 Å². The maximum absolute atomic E-state index is 12.5. The molecule has 2 aromatic rings. The minimum atomic E-state index is -4.66. The van der Waals surface area contributed by atoms with Crippen LogP contribution in [-0.2, 0) is 13.1 Å². The molecule has 0 saturated heterocycles. The van der Waals surface area contributed by atoms with Gasteiger partial charge in [-0.1, -0.05) is 0 Å². The highest BCUT2D eigenvalue weighted by Crippen LogP contribution is 2.32. The van der Waals surface area contributed by atoms with Crippen molar-refractivity contribution in [2.24, 2.45) is 0 Å². The summed E-state index contributed by atoms with van der Waals surface area (Å²) >= 11 is 3.44. The van der Waals surface area contributed by atoms with Crippen LogP contribution in [0.5, 0.6) is 0 Å². The van der Waals surface area contributed by atoms with E-state index in [2.05, 4.69) is 21.0 Å². The van der Waals surface area contributed by atoms with Gasteiger partial charge in [-0.05, 0) is 35.8 Å². The van der Waals surface area contributed by atoms with Gasteiger partial charge in [0.05, 0.1) is 22.4 Å². The minimum Gasteiger partial charge on any atom is -0.379 e. The molecular weight excluding hydrogens is 351 g/mol. The largest absolute Gasteiger partial charge is 0.418 e. The number of aliphatic hydroxyl groups excluding tert-OH is 1. The van der Waals surface area contributed by atoms with Crippen molar-refractivity contribution in [1.29, 1.82) is 0 Å². The van der Waals surface area contributed by atoms with Crippen LogP contribution in [-0.4, -0.2) is 25.6 Å². The van der Waals surface area contributed by atoms with Gasteiger partial charge in [0.15, 0.2) is 6.10 Å². The van der Waals surface area contributed by atoms with E-state index in [1.807, 2.05) is 13.8 Å². The number of hydrogen-bond donors (Lipinski definition) is 1. The molecule has 2 rings (SSSR count). The van der Waals surface area contributed by atoms with Gasteiger partial charge in [0.1, 0.15) is 0 Å². The summed E-state index contributed by atoms with van der Waals surface area (Å²) in [6.07, 6.45) is -4.31. The third-order valence-corrected chi connectivity index (χ3v) is 4.22. The first kappa shape index (κ1) is 16.1. The number of aromatic nitrogens is 3. The molecule has 0 aliphatic carbocycles. The molecule has 1 unspecified atom stereocenters. The molecule has 0 aromatic carbocycles. The Kier molecular flexibility index (Phi) is 4.48. The molecule has 116 valence electrons. The normalized spacial score (nSPS) is 13.7. The number of halogens is 4. The lowest BCUT2D eigenvalue weighted by atomic mass is 10.2. The second-order valence-electron chi connectivity index (χ2n) is 4.72. The van der Waals surface area contributed by atoms with Crippen LogP contribution < -0.4 is 0 Å². The van der Waals surface area contributed by atoms with E-state index >= 15 is 0 Å². The van der Waals surface area contributed by atoms with E-state index in [4.69, 9.17) is 0 Å². The standard InChI is InChI=1S/C13H15BrF3N3O/c1-3-20-10(11(14)8(2)18-20)7-19-5-4-9(6-19)12(21)13(15,16)17/h4-6,12,21H,3,7H2,1-2H3. The lowest BCUT2D eigenvalue weighted by Gasteiger charge is -2.12. The van der Waals surface area contributed by atoms with Crippen molar-refractivity contribution in [3.63, 3.8) is 0 Å². The fourth-order valence-corrected chi connectivity index (χ4v) is 2.51. The van der Waals surface area contributed by atoms with E-state index < -0.39 is 12.3 Å². The highest BCUT2D eigenvalue weighted by Gasteiger charge is 2.39.